The summed E-state index contributed by atoms with van der Waals surface area (Å²) in [6.45, 7) is 10.6. The van der Waals surface area contributed by atoms with Crippen LogP contribution in [0.25, 0.3) is 0 Å². The van der Waals surface area contributed by atoms with Crippen LogP contribution in [0.5, 0.6) is 0 Å². The van der Waals surface area contributed by atoms with Crippen molar-refractivity contribution in [3.8, 4) is 0 Å². The second-order valence-corrected chi connectivity index (χ2v) is 6.35. The fourth-order valence-corrected chi connectivity index (χ4v) is 3.22. The molecular formula is C17H36N2O. The minimum absolute atomic E-state index is 0.630. The SMILES string of the molecule is CCOCCCNCC(C)N(C)C1CCC(CC)CC1. The Bertz CT molecular complexity index is 227. The van der Waals surface area contributed by atoms with Crippen LogP contribution in [0.4, 0.5) is 0 Å². The van der Waals surface area contributed by atoms with Crippen LogP contribution in [0.2, 0.25) is 0 Å². The highest BCUT2D eigenvalue weighted by Crippen LogP contribution is 2.29. The van der Waals surface area contributed by atoms with E-state index in [1.54, 1.807) is 0 Å². The first-order valence-corrected chi connectivity index (χ1v) is 8.69. The van der Waals surface area contributed by atoms with E-state index in [4.69, 9.17) is 4.74 Å². The second-order valence-electron chi connectivity index (χ2n) is 6.35. The van der Waals surface area contributed by atoms with Gasteiger partial charge in [0.05, 0.1) is 0 Å². The van der Waals surface area contributed by atoms with Crippen LogP contribution in [0.3, 0.4) is 0 Å². The number of likely N-dealkylation sites (N-methyl/N-ethyl adjacent to an activating group) is 1. The second kappa shape index (κ2) is 10.6. The van der Waals surface area contributed by atoms with Gasteiger partial charge in [0.25, 0.3) is 0 Å². The van der Waals surface area contributed by atoms with Crippen molar-refractivity contribution in [3.05, 3.63) is 0 Å². The van der Waals surface area contributed by atoms with Crippen molar-refractivity contribution < 1.29 is 4.74 Å². The van der Waals surface area contributed by atoms with Crippen molar-refractivity contribution in [3.63, 3.8) is 0 Å². The maximum Gasteiger partial charge on any atom is 0.0477 e. The quantitative estimate of drug-likeness (QED) is 0.623. The Hall–Kier alpha value is -0.120. The summed E-state index contributed by atoms with van der Waals surface area (Å²) < 4.78 is 5.35. The van der Waals surface area contributed by atoms with Gasteiger partial charge in [-0.1, -0.05) is 13.3 Å². The van der Waals surface area contributed by atoms with Crippen molar-refractivity contribution in [2.45, 2.75) is 71.4 Å². The largest absolute Gasteiger partial charge is 0.382 e. The van der Waals surface area contributed by atoms with E-state index in [1.807, 2.05) is 0 Å². The van der Waals surface area contributed by atoms with Gasteiger partial charge in [0.1, 0.15) is 0 Å². The Morgan fingerprint density at radius 2 is 1.90 bits per heavy atom. The Morgan fingerprint density at radius 1 is 1.20 bits per heavy atom. The number of hydrogen-bond donors (Lipinski definition) is 1. The molecule has 1 atom stereocenters. The van der Waals surface area contributed by atoms with E-state index in [-0.39, 0.29) is 0 Å². The third-order valence-electron chi connectivity index (χ3n) is 4.95. The molecule has 0 spiro atoms. The molecule has 0 radical (unpaired) electrons. The van der Waals surface area contributed by atoms with Gasteiger partial charge in [-0.25, -0.2) is 0 Å². The summed E-state index contributed by atoms with van der Waals surface area (Å²) in [6.07, 6.45) is 8.13. The predicted molar refractivity (Wildman–Crippen MR) is 87.2 cm³/mol. The number of nitrogens with zero attached hydrogens (tertiary/aromatic N) is 1. The molecule has 0 bridgehead atoms. The van der Waals surface area contributed by atoms with Crippen LogP contribution < -0.4 is 5.32 Å². The Balaban J connectivity index is 2.11. The van der Waals surface area contributed by atoms with Crippen molar-refractivity contribution in [2.24, 2.45) is 5.92 Å². The molecule has 1 unspecified atom stereocenters. The van der Waals surface area contributed by atoms with Crippen molar-refractivity contribution >= 4 is 0 Å². The third-order valence-corrected chi connectivity index (χ3v) is 4.95. The standard InChI is InChI=1S/C17H36N2O/c1-5-16-8-10-17(11-9-16)19(4)15(3)14-18-12-7-13-20-6-2/h15-18H,5-14H2,1-4H3. The minimum Gasteiger partial charge on any atom is -0.382 e. The maximum atomic E-state index is 5.35. The molecule has 0 aromatic carbocycles. The van der Waals surface area contributed by atoms with Crippen LogP contribution in [0.15, 0.2) is 0 Å². The van der Waals surface area contributed by atoms with Gasteiger partial charge >= 0.3 is 0 Å². The summed E-state index contributed by atoms with van der Waals surface area (Å²) in [5.41, 5.74) is 0. The molecule has 1 fully saturated rings. The van der Waals surface area contributed by atoms with Gasteiger partial charge < -0.3 is 10.1 Å². The molecule has 1 aliphatic rings. The van der Waals surface area contributed by atoms with E-state index < -0.39 is 0 Å². The number of nitrogens with one attached hydrogen (secondary N) is 1. The molecule has 3 heteroatoms. The number of hydrogen-bond acceptors (Lipinski definition) is 3. The average molecular weight is 284 g/mol. The topological polar surface area (TPSA) is 24.5 Å². The maximum absolute atomic E-state index is 5.35. The molecule has 1 aliphatic carbocycles. The lowest BCUT2D eigenvalue weighted by Crippen LogP contribution is -2.45. The molecule has 1 rings (SSSR count). The van der Waals surface area contributed by atoms with Gasteiger partial charge in [-0.2, -0.15) is 0 Å². The van der Waals surface area contributed by atoms with Crippen LogP contribution in [0, 0.1) is 5.92 Å². The van der Waals surface area contributed by atoms with Gasteiger partial charge in [0, 0.05) is 31.8 Å². The minimum atomic E-state index is 0.630. The Morgan fingerprint density at radius 3 is 2.50 bits per heavy atom. The fourth-order valence-electron chi connectivity index (χ4n) is 3.22. The van der Waals surface area contributed by atoms with E-state index in [9.17, 15) is 0 Å². The smallest absolute Gasteiger partial charge is 0.0477 e. The highest BCUT2D eigenvalue weighted by molar-refractivity contribution is 4.81. The molecule has 3 nitrogen and oxygen atoms in total. The third kappa shape index (κ3) is 6.55. The molecule has 0 heterocycles. The van der Waals surface area contributed by atoms with Gasteiger partial charge in [-0.05, 0) is 65.5 Å². The van der Waals surface area contributed by atoms with Crippen LogP contribution in [-0.4, -0.2) is 50.3 Å². The lowest BCUT2D eigenvalue weighted by molar-refractivity contribution is 0.123. The lowest BCUT2D eigenvalue weighted by Gasteiger charge is -2.38. The van der Waals surface area contributed by atoms with Crippen molar-refractivity contribution in [1.29, 1.82) is 0 Å². The molecular weight excluding hydrogens is 248 g/mol. The fraction of sp³-hybridized carbons (Fsp3) is 1.00. The van der Waals surface area contributed by atoms with Crippen LogP contribution >= 0.6 is 0 Å². The summed E-state index contributed by atoms with van der Waals surface area (Å²) >= 11 is 0. The van der Waals surface area contributed by atoms with E-state index in [0.29, 0.717) is 6.04 Å². The summed E-state index contributed by atoms with van der Waals surface area (Å²) in [6, 6.07) is 1.43. The first-order valence-electron chi connectivity index (χ1n) is 8.69. The number of rotatable bonds is 10. The molecule has 20 heavy (non-hydrogen) atoms. The van der Waals surface area contributed by atoms with Crippen LogP contribution in [0.1, 0.15) is 59.3 Å². The first-order chi connectivity index (χ1) is 9.69. The highest BCUT2D eigenvalue weighted by Gasteiger charge is 2.25. The lowest BCUT2D eigenvalue weighted by atomic mass is 9.84. The van der Waals surface area contributed by atoms with Gasteiger partial charge in [0.2, 0.25) is 0 Å². The van der Waals surface area contributed by atoms with Crippen LogP contribution in [-0.2, 0) is 4.74 Å². The number of ether oxygens (including phenoxy) is 1. The highest BCUT2D eigenvalue weighted by atomic mass is 16.5. The van der Waals surface area contributed by atoms with E-state index in [0.717, 1.165) is 44.7 Å². The zero-order valence-electron chi connectivity index (χ0n) is 14.2. The molecule has 0 aromatic heterocycles. The predicted octanol–water partition coefficient (Wildman–Crippen LogP) is 3.29. The molecule has 0 amide bonds. The van der Waals surface area contributed by atoms with E-state index in [2.05, 4.69) is 38.0 Å². The van der Waals surface area contributed by atoms with E-state index >= 15 is 0 Å². The van der Waals surface area contributed by atoms with Gasteiger partial charge in [-0.15, -0.1) is 0 Å². The zero-order valence-corrected chi connectivity index (χ0v) is 14.2. The van der Waals surface area contributed by atoms with Crippen molar-refractivity contribution in [1.82, 2.24) is 10.2 Å². The monoisotopic (exact) mass is 284 g/mol. The Labute approximate surface area is 126 Å². The van der Waals surface area contributed by atoms with E-state index in [1.165, 1.54) is 32.1 Å². The first kappa shape index (κ1) is 17.9. The molecule has 1 saturated carbocycles. The van der Waals surface area contributed by atoms with Crippen molar-refractivity contribution in [2.75, 3.05) is 33.4 Å². The summed E-state index contributed by atoms with van der Waals surface area (Å²) in [4.78, 5) is 2.60. The van der Waals surface area contributed by atoms with Gasteiger partial charge in [0.15, 0.2) is 0 Å². The Kier molecular flexibility index (Phi) is 9.49. The summed E-state index contributed by atoms with van der Waals surface area (Å²) in [7, 11) is 2.31. The molecule has 0 aromatic rings. The molecule has 120 valence electrons. The summed E-state index contributed by atoms with van der Waals surface area (Å²) in [5, 5.41) is 3.56. The normalized spacial score (nSPS) is 25.1. The summed E-state index contributed by atoms with van der Waals surface area (Å²) in [5.74, 6) is 0.992. The zero-order chi connectivity index (χ0) is 14.8. The average Bonchev–Trinajstić information content (AvgIpc) is 2.50. The molecule has 0 aliphatic heterocycles. The molecule has 0 saturated heterocycles. The molecule has 1 N–H and O–H groups in total. The van der Waals surface area contributed by atoms with Gasteiger partial charge in [-0.3, -0.25) is 4.90 Å².